The molecule has 31 heavy (non-hydrogen) atoms. The van der Waals surface area contributed by atoms with Crippen LogP contribution < -0.4 is 4.90 Å². The zero-order chi connectivity index (χ0) is 22.0. The van der Waals surface area contributed by atoms with E-state index in [-0.39, 0.29) is 34.7 Å². The number of para-hydroxylation sites is 1. The van der Waals surface area contributed by atoms with Gasteiger partial charge in [0.15, 0.2) is 0 Å². The third-order valence-corrected chi connectivity index (χ3v) is 7.91. The second-order valence-electron chi connectivity index (χ2n) is 7.39. The lowest BCUT2D eigenvalue weighted by Crippen LogP contribution is -2.49. The summed E-state index contributed by atoms with van der Waals surface area (Å²) in [6, 6.07) is 10.8. The Morgan fingerprint density at radius 1 is 0.968 bits per heavy atom. The van der Waals surface area contributed by atoms with Crippen LogP contribution in [0, 0.1) is 5.82 Å². The SMILES string of the molecule is O=C(c1ccc(S(=O)(=O)N2CCOCC2)c(Cl)c1)N1CCN(c2ccccc2F)CC1. The van der Waals surface area contributed by atoms with Crippen molar-refractivity contribution in [3.05, 3.63) is 58.9 Å². The minimum Gasteiger partial charge on any atom is -0.379 e. The van der Waals surface area contributed by atoms with E-state index in [0.717, 1.165) is 0 Å². The molecule has 0 aromatic heterocycles. The summed E-state index contributed by atoms with van der Waals surface area (Å²) in [4.78, 5) is 16.5. The van der Waals surface area contributed by atoms with Crippen LogP contribution in [0.3, 0.4) is 0 Å². The van der Waals surface area contributed by atoms with E-state index in [9.17, 15) is 17.6 Å². The van der Waals surface area contributed by atoms with E-state index in [1.54, 1.807) is 23.1 Å². The summed E-state index contributed by atoms with van der Waals surface area (Å²) in [5.41, 5.74) is 0.848. The van der Waals surface area contributed by atoms with Gasteiger partial charge in [0.25, 0.3) is 5.91 Å². The molecule has 2 fully saturated rings. The molecule has 10 heteroatoms. The number of sulfonamides is 1. The summed E-state index contributed by atoms with van der Waals surface area (Å²) in [6.45, 7) is 3.08. The molecule has 2 heterocycles. The molecule has 1 amide bonds. The minimum absolute atomic E-state index is 0.0161. The number of hydrogen-bond acceptors (Lipinski definition) is 5. The van der Waals surface area contributed by atoms with Crippen LogP contribution in [-0.4, -0.2) is 76.0 Å². The van der Waals surface area contributed by atoms with Gasteiger partial charge in [0.2, 0.25) is 10.0 Å². The Labute approximate surface area is 186 Å². The number of amides is 1. The summed E-state index contributed by atoms with van der Waals surface area (Å²) in [7, 11) is -3.75. The molecule has 0 atom stereocenters. The maximum absolute atomic E-state index is 14.0. The second-order valence-corrected chi connectivity index (χ2v) is 9.71. The number of carbonyl (C=O) groups excluding carboxylic acids is 1. The molecule has 2 aliphatic rings. The number of hydrogen-bond donors (Lipinski definition) is 0. The number of anilines is 1. The predicted octanol–water partition coefficient (Wildman–Crippen LogP) is 2.46. The number of ether oxygens (including phenoxy) is 1. The molecule has 0 radical (unpaired) electrons. The Morgan fingerprint density at radius 3 is 2.29 bits per heavy atom. The van der Waals surface area contributed by atoms with Gasteiger partial charge in [-0.3, -0.25) is 4.79 Å². The van der Waals surface area contributed by atoms with E-state index < -0.39 is 10.0 Å². The standard InChI is InChI=1S/C21H23ClFN3O4S/c22-17-15-16(5-6-20(17)31(28,29)26-11-13-30-14-12-26)21(27)25-9-7-24(8-10-25)19-4-2-1-3-18(19)23/h1-6,15H,7-14H2. The molecule has 166 valence electrons. The Hall–Kier alpha value is -2.20. The van der Waals surface area contributed by atoms with Crippen LogP contribution in [0.4, 0.5) is 10.1 Å². The van der Waals surface area contributed by atoms with Gasteiger partial charge < -0.3 is 14.5 Å². The monoisotopic (exact) mass is 467 g/mol. The van der Waals surface area contributed by atoms with Crippen molar-refractivity contribution < 1.29 is 22.3 Å². The fraction of sp³-hybridized carbons (Fsp3) is 0.381. The largest absolute Gasteiger partial charge is 0.379 e. The van der Waals surface area contributed by atoms with Gasteiger partial charge in [-0.1, -0.05) is 23.7 Å². The van der Waals surface area contributed by atoms with Crippen LogP contribution in [0.2, 0.25) is 5.02 Å². The molecule has 0 aliphatic carbocycles. The first kappa shape index (κ1) is 22.0. The van der Waals surface area contributed by atoms with Crippen LogP contribution in [-0.2, 0) is 14.8 Å². The van der Waals surface area contributed by atoms with Crippen molar-refractivity contribution >= 4 is 33.2 Å². The fourth-order valence-corrected chi connectivity index (χ4v) is 5.74. The zero-order valence-corrected chi connectivity index (χ0v) is 18.4. The highest BCUT2D eigenvalue weighted by Crippen LogP contribution is 2.27. The number of benzene rings is 2. The van der Waals surface area contributed by atoms with Gasteiger partial charge in [-0.05, 0) is 30.3 Å². The quantitative estimate of drug-likeness (QED) is 0.691. The van der Waals surface area contributed by atoms with Crippen molar-refractivity contribution in [2.75, 3.05) is 57.4 Å². The van der Waals surface area contributed by atoms with Crippen LogP contribution in [0.5, 0.6) is 0 Å². The van der Waals surface area contributed by atoms with Gasteiger partial charge in [-0.15, -0.1) is 0 Å². The van der Waals surface area contributed by atoms with Crippen molar-refractivity contribution in [3.8, 4) is 0 Å². The summed E-state index contributed by atoms with van der Waals surface area (Å²) < 4.78 is 46.2. The lowest BCUT2D eigenvalue weighted by molar-refractivity contribution is 0.0730. The second kappa shape index (κ2) is 9.12. The number of morpholine rings is 1. The Morgan fingerprint density at radius 2 is 1.65 bits per heavy atom. The number of piperazine rings is 1. The molecule has 2 aromatic carbocycles. The summed E-state index contributed by atoms with van der Waals surface area (Å²) in [5.74, 6) is -0.517. The Balaban J connectivity index is 1.45. The highest BCUT2D eigenvalue weighted by atomic mass is 35.5. The minimum atomic E-state index is -3.75. The van der Waals surface area contributed by atoms with Crippen molar-refractivity contribution in [2.24, 2.45) is 0 Å². The van der Waals surface area contributed by atoms with Gasteiger partial charge >= 0.3 is 0 Å². The van der Waals surface area contributed by atoms with Crippen molar-refractivity contribution in [2.45, 2.75) is 4.90 Å². The molecule has 0 unspecified atom stereocenters. The smallest absolute Gasteiger partial charge is 0.254 e. The lowest BCUT2D eigenvalue weighted by Gasteiger charge is -2.36. The number of carbonyl (C=O) groups is 1. The van der Waals surface area contributed by atoms with E-state index in [1.807, 2.05) is 4.90 Å². The molecular weight excluding hydrogens is 445 g/mol. The average Bonchev–Trinajstić information content (AvgIpc) is 2.79. The van der Waals surface area contributed by atoms with Gasteiger partial charge in [-0.25, -0.2) is 12.8 Å². The molecule has 0 N–H and O–H groups in total. The van der Waals surface area contributed by atoms with E-state index in [0.29, 0.717) is 50.6 Å². The number of nitrogens with zero attached hydrogens (tertiary/aromatic N) is 3. The third kappa shape index (κ3) is 4.55. The zero-order valence-electron chi connectivity index (χ0n) is 16.8. The van der Waals surface area contributed by atoms with Crippen LogP contribution in [0.15, 0.2) is 47.4 Å². The topological polar surface area (TPSA) is 70.2 Å². The van der Waals surface area contributed by atoms with Crippen LogP contribution >= 0.6 is 11.6 Å². The lowest BCUT2D eigenvalue weighted by atomic mass is 10.1. The summed E-state index contributed by atoms with van der Waals surface area (Å²) in [5, 5.41) is 0.0161. The van der Waals surface area contributed by atoms with Gasteiger partial charge in [0.1, 0.15) is 10.7 Å². The fourth-order valence-electron chi connectivity index (χ4n) is 3.81. The van der Waals surface area contributed by atoms with Crippen LogP contribution in [0.1, 0.15) is 10.4 Å². The number of rotatable bonds is 4. The van der Waals surface area contributed by atoms with Crippen molar-refractivity contribution in [1.29, 1.82) is 0 Å². The maximum atomic E-state index is 14.0. The molecule has 4 rings (SSSR count). The first-order valence-electron chi connectivity index (χ1n) is 10.0. The van der Waals surface area contributed by atoms with E-state index >= 15 is 0 Å². The van der Waals surface area contributed by atoms with Gasteiger partial charge in [0, 0.05) is 44.8 Å². The van der Waals surface area contributed by atoms with E-state index in [4.69, 9.17) is 16.3 Å². The third-order valence-electron chi connectivity index (χ3n) is 5.53. The van der Waals surface area contributed by atoms with Gasteiger partial charge in [-0.2, -0.15) is 4.31 Å². The molecular formula is C21H23ClFN3O4S. The van der Waals surface area contributed by atoms with Gasteiger partial charge in [0.05, 0.1) is 23.9 Å². The van der Waals surface area contributed by atoms with Crippen molar-refractivity contribution in [1.82, 2.24) is 9.21 Å². The maximum Gasteiger partial charge on any atom is 0.254 e. The first-order chi connectivity index (χ1) is 14.9. The average molecular weight is 468 g/mol. The van der Waals surface area contributed by atoms with Crippen molar-refractivity contribution in [3.63, 3.8) is 0 Å². The highest BCUT2D eigenvalue weighted by Gasteiger charge is 2.30. The first-order valence-corrected chi connectivity index (χ1v) is 11.9. The molecule has 0 spiro atoms. The van der Waals surface area contributed by atoms with E-state index in [2.05, 4.69) is 0 Å². The Bertz CT molecular complexity index is 1070. The molecule has 7 nitrogen and oxygen atoms in total. The summed E-state index contributed by atoms with van der Waals surface area (Å²) in [6.07, 6.45) is 0. The molecule has 2 saturated heterocycles. The summed E-state index contributed by atoms with van der Waals surface area (Å²) >= 11 is 6.28. The van der Waals surface area contributed by atoms with E-state index in [1.165, 1.54) is 28.6 Å². The Kier molecular flexibility index (Phi) is 6.47. The van der Waals surface area contributed by atoms with Crippen LogP contribution in [0.25, 0.3) is 0 Å². The normalized spacial score (nSPS) is 18.3. The highest BCUT2D eigenvalue weighted by molar-refractivity contribution is 7.89. The predicted molar refractivity (Wildman–Crippen MR) is 116 cm³/mol. The molecule has 0 saturated carbocycles. The molecule has 0 bridgehead atoms. The number of halogens is 2. The molecule has 2 aromatic rings. The molecule has 2 aliphatic heterocycles.